The number of morpholine rings is 1. The van der Waals surface area contributed by atoms with Gasteiger partial charge in [-0.3, -0.25) is 14.5 Å². The average Bonchev–Trinajstić information content (AvgIpc) is 2.43. The normalized spacial score (nSPS) is 17.7. The highest BCUT2D eigenvalue weighted by Gasteiger charge is 2.22. The number of hydrogen-bond donors (Lipinski definition) is 2. The van der Waals surface area contributed by atoms with Gasteiger partial charge in [-0.25, -0.2) is 0 Å². The molecule has 1 saturated heterocycles. The lowest BCUT2D eigenvalue weighted by Gasteiger charge is -2.35. The van der Waals surface area contributed by atoms with E-state index in [9.17, 15) is 9.59 Å². The van der Waals surface area contributed by atoms with Gasteiger partial charge >= 0.3 is 5.97 Å². The van der Waals surface area contributed by atoms with Crippen LogP contribution in [0.4, 0.5) is 0 Å². The topological polar surface area (TPSA) is 78.9 Å². The van der Waals surface area contributed by atoms with Crippen LogP contribution in [0, 0.1) is 5.92 Å². The Labute approximate surface area is 130 Å². The number of amides is 1. The molecule has 0 spiro atoms. The standard InChI is InChI=1S/C14H26N2O4S/c1-11(2)7-12(16-3-5-20-6-4-16)8-15-13(17)9-21-10-14(18)19/h11-12H,3-10H2,1-2H3,(H,15,17)(H,18,19). The van der Waals surface area contributed by atoms with Crippen LogP contribution in [-0.2, 0) is 14.3 Å². The molecule has 0 aromatic carbocycles. The molecule has 0 radical (unpaired) electrons. The molecule has 2 N–H and O–H groups in total. The van der Waals surface area contributed by atoms with Gasteiger partial charge in [0.1, 0.15) is 0 Å². The maximum atomic E-state index is 11.7. The third kappa shape index (κ3) is 8.28. The fourth-order valence-corrected chi connectivity index (χ4v) is 2.93. The molecule has 1 amide bonds. The maximum Gasteiger partial charge on any atom is 0.313 e. The molecule has 0 aromatic heterocycles. The zero-order valence-corrected chi connectivity index (χ0v) is 13.7. The van der Waals surface area contributed by atoms with Crippen LogP contribution >= 0.6 is 11.8 Å². The third-order valence-corrected chi connectivity index (χ3v) is 4.22. The number of ether oxygens (including phenoxy) is 1. The number of carboxylic acids is 1. The van der Waals surface area contributed by atoms with Crippen molar-refractivity contribution < 1.29 is 19.4 Å². The first-order chi connectivity index (χ1) is 9.99. The highest BCUT2D eigenvalue weighted by atomic mass is 32.2. The van der Waals surface area contributed by atoms with Crippen molar-refractivity contribution in [2.75, 3.05) is 44.4 Å². The molecule has 0 bridgehead atoms. The second-order valence-electron chi connectivity index (χ2n) is 5.62. The number of carboxylic acid groups (broad SMARTS) is 1. The van der Waals surface area contributed by atoms with E-state index in [1.807, 2.05) is 0 Å². The van der Waals surface area contributed by atoms with Crippen LogP contribution in [0.3, 0.4) is 0 Å². The smallest absolute Gasteiger partial charge is 0.313 e. The maximum absolute atomic E-state index is 11.7. The zero-order valence-electron chi connectivity index (χ0n) is 12.8. The summed E-state index contributed by atoms with van der Waals surface area (Å²) in [6.45, 7) is 8.27. The van der Waals surface area contributed by atoms with Crippen molar-refractivity contribution in [2.24, 2.45) is 5.92 Å². The summed E-state index contributed by atoms with van der Waals surface area (Å²) in [7, 11) is 0. The number of nitrogens with one attached hydrogen (secondary N) is 1. The van der Waals surface area contributed by atoms with E-state index in [0.29, 0.717) is 18.5 Å². The van der Waals surface area contributed by atoms with Crippen LogP contribution in [0.2, 0.25) is 0 Å². The summed E-state index contributed by atoms with van der Waals surface area (Å²) in [4.78, 5) is 24.5. The molecule has 1 unspecified atom stereocenters. The van der Waals surface area contributed by atoms with Gasteiger partial charge in [-0.1, -0.05) is 13.8 Å². The van der Waals surface area contributed by atoms with Crippen molar-refractivity contribution in [3.05, 3.63) is 0 Å². The van der Waals surface area contributed by atoms with Gasteiger partial charge in [-0.2, -0.15) is 0 Å². The van der Waals surface area contributed by atoms with Crippen molar-refractivity contribution in [3.63, 3.8) is 0 Å². The van der Waals surface area contributed by atoms with Gasteiger partial charge in [0.05, 0.1) is 24.7 Å². The van der Waals surface area contributed by atoms with E-state index in [2.05, 4.69) is 24.1 Å². The van der Waals surface area contributed by atoms with Crippen molar-refractivity contribution >= 4 is 23.6 Å². The Morgan fingerprint density at radius 3 is 2.52 bits per heavy atom. The number of aliphatic carboxylic acids is 1. The predicted octanol–water partition coefficient (Wildman–Crippen LogP) is 0.667. The molecule has 1 atom stereocenters. The van der Waals surface area contributed by atoms with E-state index < -0.39 is 5.97 Å². The van der Waals surface area contributed by atoms with Crippen LogP contribution in [0.5, 0.6) is 0 Å². The van der Waals surface area contributed by atoms with Gasteiger partial charge in [0, 0.05) is 25.7 Å². The van der Waals surface area contributed by atoms with Crippen LogP contribution in [0.1, 0.15) is 20.3 Å². The lowest BCUT2D eigenvalue weighted by molar-refractivity contribution is -0.133. The second kappa shape index (κ2) is 10.0. The van der Waals surface area contributed by atoms with Gasteiger partial charge in [0.15, 0.2) is 0 Å². The summed E-state index contributed by atoms with van der Waals surface area (Å²) in [5.74, 6) is -0.256. The fraction of sp³-hybridized carbons (Fsp3) is 0.857. The number of nitrogens with zero attached hydrogens (tertiary/aromatic N) is 1. The number of thioether (sulfide) groups is 1. The summed E-state index contributed by atoms with van der Waals surface area (Å²) in [6, 6.07) is 0.322. The van der Waals surface area contributed by atoms with Gasteiger partial charge in [0.25, 0.3) is 0 Å². The number of hydrogen-bond acceptors (Lipinski definition) is 5. The van der Waals surface area contributed by atoms with Crippen LogP contribution in [-0.4, -0.2) is 72.3 Å². The first-order valence-electron chi connectivity index (χ1n) is 7.37. The summed E-state index contributed by atoms with van der Waals surface area (Å²) < 4.78 is 5.37. The lowest BCUT2D eigenvalue weighted by Crippen LogP contribution is -2.49. The SMILES string of the molecule is CC(C)CC(CNC(=O)CSCC(=O)O)N1CCOCC1. The Morgan fingerprint density at radius 2 is 1.95 bits per heavy atom. The van der Waals surface area contributed by atoms with Crippen LogP contribution in [0.15, 0.2) is 0 Å². The Balaban J connectivity index is 2.34. The second-order valence-corrected chi connectivity index (χ2v) is 6.61. The minimum atomic E-state index is -0.890. The highest BCUT2D eigenvalue weighted by Crippen LogP contribution is 2.13. The van der Waals surface area contributed by atoms with E-state index in [4.69, 9.17) is 9.84 Å². The summed E-state index contributed by atoms with van der Waals surface area (Å²) >= 11 is 1.13. The van der Waals surface area contributed by atoms with Gasteiger partial charge < -0.3 is 15.2 Å². The molecule has 1 aliphatic heterocycles. The molecule has 21 heavy (non-hydrogen) atoms. The molecule has 6 nitrogen and oxygen atoms in total. The van der Waals surface area contributed by atoms with Crippen LogP contribution in [0.25, 0.3) is 0 Å². The lowest BCUT2D eigenvalue weighted by atomic mass is 10.0. The molecule has 0 aliphatic carbocycles. The van der Waals surface area contributed by atoms with Crippen molar-refractivity contribution in [2.45, 2.75) is 26.3 Å². The van der Waals surface area contributed by atoms with Crippen molar-refractivity contribution in [3.8, 4) is 0 Å². The average molecular weight is 318 g/mol. The molecule has 1 rings (SSSR count). The van der Waals surface area contributed by atoms with Crippen molar-refractivity contribution in [1.82, 2.24) is 10.2 Å². The van der Waals surface area contributed by atoms with E-state index in [0.717, 1.165) is 44.5 Å². The van der Waals surface area contributed by atoms with Crippen molar-refractivity contribution in [1.29, 1.82) is 0 Å². The molecule has 122 valence electrons. The number of carbonyl (C=O) groups is 2. The largest absolute Gasteiger partial charge is 0.481 e. The monoisotopic (exact) mass is 318 g/mol. The van der Waals surface area contributed by atoms with E-state index in [1.54, 1.807) is 0 Å². The summed E-state index contributed by atoms with van der Waals surface area (Å²) in [5, 5.41) is 11.5. The predicted molar refractivity (Wildman–Crippen MR) is 83.6 cm³/mol. The fourth-order valence-electron chi connectivity index (χ4n) is 2.36. The molecular weight excluding hydrogens is 292 g/mol. The molecule has 0 aromatic rings. The molecule has 1 heterocycles. The summed E-state index contributed by atoms with van der Waals surface area (Å²) in [6.07, 6.45) is 1.03. The molecular formula is C14H26N2O4S. The Bertz CT molecular complexity index is 333. The summed E-state index contributed by atoms with van der Waals surface area (Å²) in [5.41, 5.74) is 0. The quantitative estimate of drug-likeness (QED) is 0.650. The molecule has 1 aliphatic rings. The molecule has 7 heteroatoms. The molecule has 1 fully saturated rings. The van der Waals surface area contributed by atoms with Gasteiger partial charge in [0.2, 0.25) is 5.91 Å². The Hall–Kier alpha value is -0.790. The van der Waals surface area contributed by atoms with Gasteiger partial charge in [-0.15, -0.1) is 11.8 Å². The number of rotatable bonds is 9. The first kappa shape index (κ1) is 18.3. The molecule has 0 saturated carbocycles. The third-order valence-electron chi connectivity index (χ3n) is 3.30. The van der Waals surface area contributed by atoms with E-state index in [1.165, 1.54) is 0 Å². The zero-order chi connectivity index (χ0) is 15.7. The van der Waals surface area contributed by atoms with Gasteiger partial charge in [-0.05, 0) is 12.3 Å². The van der Waals surface area contributed by atoms with E-state index >= 15 is 0 Å². The number of carbonyl (C=O) groups excluding carboxylic acids is 1. The highest BCUT2D eigenvalue weighted by molar-refractivity contribution is 8.00. The minimum Gasteiger partial charge on any atom is -0.481 e. The minimum absolute atomic E-state index is 0.0354. The Morgan fingerprint density at radius 1 is 1.29 bits per heavy atom. The van der Waals surface area contributed by atoms with E-state index in [-0.39, 0.29) is 17.4 Å². The first-order valence-corrected chi connectivity index (χ1v) is 8.52. The van der Waals surface area contributed by atoms with Crippen LogP contribution < -0.4 is 5.32 Å². The Kier molecular flexibility index (Phi) is 8.72.